The van der Waals surface area contributed by atoms with Gasteiger partial charge in [-0.1, -0.05) is 13.8 Å². The highest BCUT2D eigenvalue weighted by Gasteiger charge is 2.35. The number of fused-ring (bicyclic) bond motifs is 1. The first-order valence-electron chi connectivity index (χ1n) is 7.66. The number of hydrogen-bond acceptors (Lipinski definition) is 3. The molecule has 1 saturated heterocycles. The number of nitrogens with one attached hydrogen (secondary N) is 1. The molecule has 2 nitrogen and oxygen atoms in total. The third kappa shape index (κ3) is 2.33. The van der Waals surface area contributed by atoms with Gasteiger partial charge in [-0.05, 0) is 54.8 Å². The summed E-state index contributed by atoms with van der Waals surface area (Å²) in [5.41, 5.74) is 1.65. The molecule has 3 heteroatoms. The third-order valence-corrected chi connectivity index (χ3v) is 5.80. The highest BCUT2D eigenvalue weighted by Crippen LogP contribution is 2.31. The number of piperazine rings is 1. The Kier molecular flexibility index (Phi) is 3.74. The van der Waals surface area contributed by atoms with Crippen LogP contribution in [0.2, 0.25) is 0 Å². The van der Waals surface area contributed by atoms with Gasteiger partial charge in [-0.15, -0.1) is 11.3 Å². The van der Waals surface area contributed by atoms with Crippen molar-refractivity contribution in [3.63, 3.8) is 0 Å². The molecule has 2 heterocycles. The van der Waals surface area contributed by atoms with E-state index >= 15 is 0 Å². The topological polar surface area (TPSA) is 15.3 Å². The van der Waals surface area contributed by atoms with Crippen LogP contribution in [0, 0.1) is 0 Å². The quantitative estimate of drug-likeness (QED) is 0.908. The van der Waals surface area contributed by atoms with Crippen LogP contribution in [0.1, 0.15) is 33.6 Å². The molecule has 0 radical (unpaired) electrons. The Morgan fingerprint density at radius 3 is 2.85 bits per heavy atom. The molecule has 2 aromatic rings. The van der Waals surface area contributed by atoms with Crippen LogP contribution >= 0.6 is 11.3 Å². The second-order valence-electron chi connectivity index (χ2n) is 5.99. The molecule has 1 N–H and O–H groups in total. The minimum Gasteiger partial charge on any atom is -0.366 e. The van der Waals surface area contributed by atoms with Crippen LogP contribution in [-0.4, -0.2) is 24.7 Å². The van der Waals surface area contributed by atoms with Crippen molar-refractivity contribution in [1.82, 2.24) is 5.32 Å². The summed E-state index contributed by atoms with van der Waals surface area (Å²) in [7, 11) is 0. The van der Waals surface area contributed by atoms with Crippen LogP contribution in [0.3, 0.4) is 0 Å². The lowest BCUT2D eigenvalue weighted by molar-refractivity contribution is 0.254. The molecule has 1 aliphatic rings. The van der Waals surface area contributed by atoms with E-state index in [9.17, 15) is 0 Å². The lowest BCUT2D eigenvalue weighted by Gasteiger charge is -2.47. The number of thiophene rings is 1. The smallest absolute Gasteiger partial charge is 0.0387 e. The summed E-state index contributed by atoms with van der Waals surface area (Å²) in [5.74, 6) is 0. The van der Waals surface area contributed by atoms with Crippen molar-refractivity contribution in [1.29, 1.82) is 0 Å². The molecule has 20 heavy (non-hydrogen) atoms. The normalized spacial score (nSPS) is 22.4. The fraction of sp³-hybridized carbons (Fsp3) is 0.529. The van der Waals surface area contributed by atoms with E-state index in [4.69, 9.17) is 0 Å². The first-order valence-corrected chi connectivity index (χ1v) is 8.54. The highest BCUT2D eigenvalue weighted by molar-refractivity contribution is 7.17. The predicted molar refractivity (Wildman–Crippen MR) is 89.9 cm³/mol. The summed E-state index contributed by atoms with van der Waals surface area (Å²) in [6.07, 6.45) is 2.38. The maximum Gasteiger partial charge on any atom is 0.0387 e. The van der Waals surface area contributed by atoms with Crippen LogP contribution in [0.4, 0.5) is 5.69 Å². The summed E-state index contributed by atoms with van der Waals surface area (Å²) < 4.78 is 1.38. The molecular weight excluding hydrogens is 264 g/mol. The minimum absolute atomic E-state index is 0.274. The second kappa shape index (κ2) is 5.38. The van der Waals surface area contributed by atoms with Gasteiger partial charge in [-0.2, -0.15) is 0 Å². The molecular formula is C17H24N2S. The summed E-state index contributed by atoms with van der Waals surface area (Å²) >= 11 is 1.82. The Labute approximate surface area is 125 Å². The van der Waals surface area contributed by atoms with Gasteiger partial charge in [0.05, 0.1) is 0 Å². The fourth-order valence-corrected chi connectivity index (χ4v) is 3.99. The molecule has 0 aliphatic carbocycles. The van der Waals surface area contributed by atoms with Crippen molar-refractivity contribution in [3.05, 3.63) is 29.6 Å². The number of benzene rings is 1. The number of nitrogens with zero attached hydrogens (tertiary/aromatic N) is 1. The number of hydrogen-bond donors (Lipinski definition) is 1. The molecule has 0 amide bonds. The molecule has 1 aromatic heterocycles. The highest BCUT2D eigenvalue weighted by atomic mass is 32.1. The Morgan fingerprint density at radius 1 is 1.30 bits per heavy atom. The molecule has 108 valence electrons. The van der Waals surface area contributed by atoms with E-state index in [-0.39, 0.29) is 5.54 Å². The van der Waals surface area contributed by atoms with E-state index in [1.54, 1.807) is 0 Å². The minimum atomic E-state index is 0.274. The molecule has 1 aliphatic heterocycles. The second-order valence-corrected chi connectivity index (χ2v) is 6.94. The van der Waals surface area contributed by atoms with Crippen LogP contribution in [0.15, 0.2) is 29.6 Å². The number of anilines is 1. The van der Waals surface area contributed by atoms with Gasteiger partial charge in [0.2, 0.25) is 0 Å². The maximum atomic E-state index is 3.77. The SMILES string of the molecule is CCC1(CC)CN(c2ccc3sccc3c2)C(C)CN1. The van der Waals surface area contributed by atoms with Crippen molar-refractivity contribution < 1.29 is 0 Å². The van der Waals surface area contributed by atoms with Gasteiger partial charge in [-0.3, -0.25) is 0 Å². The maximum absolute atomic E-state index is 3.77. The molecule has 0 bridgehead atoms. The van der Waals surface area contributed by atoms with Crippen LogP contribution in [-0.2, 0) is 0 Å². The van der Waals surface area contributed by atoms with E-state index in [2.05, 4.69) is 60.6 Å². The Morgan fingerprint density at radius 2 is 2.10 bits per heavy atom. The molecule has 0 saturated carbocycles. The van der Waals surface area contributed by atoms with Gasteiger partial charge in [0.1, 0.15) is 0 Å². The van der Waals surface area contributed by atoms with Crippen molar-refractivity contribution in [2.45, 2.75) is 45.2 Å². The monoisotopic (exact) mass is 288 g/mol. The number of rotatable bonds is 3. The molecule has 1 atom stereocenters. The first kappa shape index (κ1) is 13.9. The van der Waals surface area contributed by atoms with Gasteiger partial charge in [0, 0.05) is 35.1 Å². The lowest BCUT2D eigenvalue weighted by atomic mass is 9.88. The standard InChI is InChI=1S/C17H24N2S/c1-4-17(5-2)12-19(13(3)11-18-17)15-6-7-16-14(10-15)8-9-20-16/h6-10,13,18H,4-5,11-12H2,1-3H3. The lowest BCUT2D eigenvalue weighted by Crippen LogP contribution is -2.63. The van der Waals surface area contributed by atoms with Crippen LogP contribution < -0.4 is 10.2 Å². The summed E-state index contributed by atoms with van der Waals surface area (Å²) in [4.78, 5) is 2.58. The van der Waals surface area contributed by atoms with E-state index in [0.29, 0.717) is 6.04 Å². The summed E-state index contributed by atoms with van der Waals surface area (Å²) in [5, 5.41) is 7.32. The van der Waals surface area contributed by atoms with Crippen LogP contribution in [0.5, 0.6) is 0 Å². The zero-order valence-corrected chi connectivity index (χ0v) is 13.5. The van der Waals surface area contributed by atoms with Gasteiger partial charge < -0.3 is 10.2 Å². The van der Waals surface area contributed by atoms with E-state index < -0.39 is 0 Å². The third-order valence-electron chi connectivity index (χ3n) is 4.90. The van der Waals surface area contributed by atoms with E-state index in [1.165, 1.54) is 28.6 Å². The average molecular weight is 288 g/mol. The van der Waals surface area contributed by atoms with Crippen molar-refractivity contribution in [2.24, 2.45) is 0 Å². The summed E-state index contributed by atoms with van der Waals surface area (Å²) in [6.45, 7) is 9.10. The Bertz CT molecular complexity index is 585. The van der Waals surface area contributed by atoms with Gasteiger partial charge in [0.25, 0.3) is 0 Å². The van der Waals surface area contributed by atoms with Gasteiger partial charge in [0.15, 0.2) is 0 Å². The zero-order chi connectivity index (χ0) is 14.2. The van der Waals surface area contributed by atoms with Crippen molar-refractivity contribution in [2.75, 3.05) is 18.0 Å². The molecule has 1 unspecified atom stereocenters. The Hall–Kier alpha value is -1.06. The van der Waals surface area contributed by atoms with Crippen molar-refractivity contribution >= 4 is 27.1 Å². The van der Waals surface area contributed by atoms with Gasteiger partial charge >= 0.3 is 0 Å². The Balaban J connectivity index is 1.93. The van der Waals surface area contributed by atoms with Crippen LogP contribution in [0.25, 0.3) is 10.1 Å². The molecule has 0 spiro atoms. The van der Waals surface area contributed by atoms with E-state index in [1.807, 2.05) is 11.3 Å². The fourth-order valence-electron chi connectivity index (χ4n) is 3.21. The molecule has 1 aromatic carbocycles. The summed E-state index contributed by atoms with van der Waals surface area (Å²) in [6, 6.07) is 9.69. The molecule has 3 rings (SSSR count). The zero-order valence-electron chi connectivity index (χ0n) is 12.6. The predicted octanol–water partition coefficient (Wildman–Crippen LogP) is 4.26. The first-order chi connectivity index (χ1) is 9.67. The average Bonchev–Trinajstić information content (AvgIpc) is 2.95. The molecule has 1 fully saturated rings. The van der Waals surface area contributed by atoms with E-state index in [0.717, 1.165) is 13.1 Å². The largest absolute Gasteiger partial charge is 0.366 e. The van der Waals surface area contributed by atoms with Crippen molar-refractivity contribution in [3.8, 4) is 0 Å². The van der Waals surface area contributed by atoms with Gasteiger partial charge in [-0.25, -0.2) is 0 Å².